The Kier molecular flexibility index (Phi) is 7.14. The fourth-order valence-electron chi connectivity index (χ4n) is 4.65. The van der Waals surface area contributed by atoms with Crippen molar-refractivity contribution in [1.82, 2.24) is 14.7 Å². The number of para-hydroxylation sites is 1. The first-order chi connectivity index (χ1) is 13.9. The van der Waals surface area contributed by atoms with Gasteiger partial charge in [-0.25, -0.2) is 0 Å². The molecule has 2 aliphatic rings. The number of hydrogen-bond donors (Lipinski definition) is 1. The van der Waals surface area contributed by atoms with Gasteiger partial charge in [-0.05, 0) is 37.9 Å². The van der Waals surface area contributed by atoms with E-state index >= 15 is 0 Å². The zero-order valence-electron chi connectivity index (χ0n) is 17.9. The fraction of sp³-hybridized carbons (Fsp3) is 0.636. The summed E-state index contributed by atoms with van der Waals surface area (Å²) in [5.41, 5.74) is 1.63. The number of likely N-dealkylation sites (N-methyl/N-ethyl adjacent to an activating group) is 1. The molecule has 1 aromatic carbocycles. The topological polar surface area (TPSA) is 67.3 Å². The molecule has 1 N–H and O–H groups in total. The van der Waals surface area contributed by atoms with E-state index in [2.05, 4.69) is 16.8 Å². The summed E-state index contributed by atoms with van der Waals surface area (Å²) in [5, 5.41) is 9.22. The van der Waals surface area contributed by atoms with Crippen molar-refractivity contribution < 1.29 is 14.7 Å². The second kappa shape index (κ2) is 9.59. The van der Waals surface area contributed by atoms with Gasteiger partial charge >= 0.3 is 5.97 Å². The van der Waals surface area contributed by atoms with Crippen LogP contribution in [0.4, 0.5) is 5.69 Å². The number of nitrogens with zero attached hydrogens (tertiary/aromatic N) is 4. The second-order valence-corrected chi connectivity index (χ2v) is 8.55. The van der Waals surface area contributed by atoms with Crippen molar-refractivity contribution in [2.24, 2.45) is 5.92 Å². The molecule has 2 aliphatic heterocycles. The molecule has 2 atom stereocenters. The molecule has 0 radical (unpaired) electrons. The predicted molar refractivity (Wildman–Crippen MR) is 115 cm³/mol. The van der Waals surface area contributed by atoms with Crippen LogP contribution in [0.25, 0.3) is 0 Å². The van der Waals surface area contributed by atoms with Gasteiger partial charge in [-0.1, -0.05) is 12.1 Å². The molecule has 3 rings (SSSR count). The van der Waals surface area contributed by atoms with E-state index in [1.54, 1.807) is 0 Å². The van der Waals surface area contributed by atoms with E-state index in [0.717, 1.165) is 44.8 Å². The normalized spacial score (nSPS) is 23.8. The van der Waals surface area contributed by atoms with E-state index in [-0.39, 0.29) is 18.2 Å². The van der Waals surface area contributed by atoms with Crippen molar-refractivity contribution in [2.75, 3.05) is 65.3 Å². The lowest BCUT2D eigenvalue weighted by Gasteiger charge is -2.46. The van der Waals surface area contributed by atoms with Crippen LogP contribution in [0.5, 0.6) is 0 Å². The van der Waals surface area contributed by atoms with Gasteiger partial charge in [0.25, 0.3) is 5.91 Å². The summed E-state index contributed by atoms with van der Waals surface area (Å²) in [6, 6.07) is 8.06. The second-order valence-electron chi connectivity index (χ2n) is 8.55. The Morgan fingerprint density at radius 3 is 2.45 bits per heavy atom. The molecule has 0 aliphatic carbocycles. The van der Waals surface area contributed by atoms with Gasteiger partial charge in [-0.15, -0.1) is 0 Å². The maximum Gasteiger partial charge on any atom is 0.303 e. The van der Waals surface area contributed by atoms with Gasteiger partial charge in [0.05, 0.1) is 5.56 Å². The lowest BCUT2D eigenvalue weighted by Crippen LogP contribution is -2.57. The van der Waals surface area contributed by atoms with Crippen LogP contribution in [0, 0.1) is 5.92 Å². The first-order valence-electron chi connectivity index (χ1n) is 10.6. The summed E-state index contributed by atoms with van der Waals surface area (Å²) in [4.78, 5) is 33.3. The lowest BCUT2D eigenvalue weighted by molar-refractivity contribution is -0.137. The summed E-state index contributed by atoms with van der Waals surface area (Å²) >= 11 is 0. The van der Waals surface area contributed by atoms with Gasteiger partial charge in [-0.3, -0.25) is 14.5 Å². The molecular weight excluding hydrogens is 368 g/mol. The first kappa shape index (κ1) is 21.6. The highest BCUT2D eigenvalue weighted by atomic mass is 16.4. The van der Waals surface area contributed by atoms with Gasteiger partial charge in [0, 0.05) is 71.5 Å². The van der Waals surface area contributed by atoms with Crippen molar-refractivity contribution in [1.29, 1.82) is 0 Å². The molecule has 1 amide bonds. The van der Waals surface area contributed by atoms with E-state index in [1.165, 1.54) is 0 Å². The third-order valence-corrected chi connectivity index (χ3v) is 6.33. The Hall–Kier alpha value is -2.12. The minimum Gasteiger partial charge on any atom is -0.481 e. The van der Waals surface area contributed by atoms with Gasteiger partial charge in [0.1, 0.15) is 0 Å². The zero-order valence-corrected chi connectivity index (χ0v) is 17.9. The fourth-order valence-corrected chi connectivity index (χ4v) is 4.65. The number of aliphatic carboxylic acids is 1. The van der Waals surface area contributed by atoms with Crippen LogP contribution in [-0.4, -0.2) is 98.1 Å². The first-order valence-corrected chi connectivity index (χ1v) is 10.6. The number of hydrogen-bond acceptors (Lipinski definition) is 5. The number of rotatable bonds is 6. The minimum absolute atomic E-state index is 0.0476. The van der Waals surface area contributed by atoms with Crippen molar-refractivity contribution in [3.8, 4) is 0 Å². The molecule has 2 saturated heterocycles. The van der Waals surface area contributed by atoms with Gasteiger partial charge in [-0.2, -0.15) is 0 Å². The maximum absolute atomic E-state index is 13.3. The Bertz CT molecular complexity index is 716. The van der Waals surface area contributed by atoms with E-state index < -0.39 is 5.97 Å². The average Bonchev–Trinajstić information content (AvgIpc) is 2.72. The molecule has 2 fully saturated rings. The molecule has 1 aromatic rings. The number of piperidine rings is 1. The number of anilines is 1. The smallest absolute Gasteiger partial charge is 0.303 e. The number of benzene rings is 1. The van der Waals surface area contributed by atoms with Crippen LogP contribution in [0.3, 0.4) is 0 Å². The van der Waals surface area contributed by atoms with Crippen molar-refractivity contribution in [3.63, 3.8) is 0 Å². The van der Waals surface area contributed by atoms with Gasteiger partial charge in [0.15, 0.2) is 0 Å². The highest BCUT2D eigenvalue weighted by Crippen LogP contribution is 2.29. The lowest BCUT2D eigenvalue weighted by atomic mass is 9.86. The van der Waals surface area contributed by atoms with Gasteiger partial charge in [0.2, 0.25) is 0 Å². The Balaban J connectivity index is 1.74. The van der Waals surface area contributed by atoms with Crippen molar-refractivity contribution in [2.45, 2.75) is 25.3 Å². The Morgan fingerprint density at radius 2 is 1.79 bits per heavy atom. The zero-order chi connectivity index (χ0) is 21.0. The van der Waals surface area contributed by atoms with Crippen molar-refractivity contribution in [3.05, 3.63) is 29.8 Å². The molecule has 0 saturated carbocycles. The van der Waals surface area contributed by atoms with Crippen molar-refractivity contribution >= 4 is 17.6 Å². The molecular formula is C22H34N4O3. The molecule has 29 heavy (non-hydrogen) atoms. The largest absolute Gasteiger partial charge is 0.481 e. The average molecular weight is 403 g/mol. The van der Waals surface area contributed by atoms with Crippen LogP contribution in [0.1, 0.15) is 29.6 Å². The quantitative estimate of drug-likeness (QED) is 0.781. The molecule has 2 heterocycles. The summed E-state index contributed by atoms with van der Waals surface area (Å²) in [5.74, 6) is -0.520. The van der Waals surface area contributed by atoms with Crippen LogP contribution >= 0.6 is 0 Å². The number of piperazine rings is 1. The minimum atomic E-state index is -0.761. The van der Waals surface area contributed by atoms with Gasteiger partial charge < -0.3 is 19.8 Å². The monoisotopic (exact) mass is 402 g/mol. The molecule has 160 valence electrons. The number of likely N-dealkylation sites (tertiary alicyclic amines) is 1. The maximum atomic E-state index is 13.3. The van der Waals surface area contributed by atoms with Crippen LogP contribution in [0.15, 0.2) is 24.3 Å². The Labute approximate surface area is 173 Å². The summed E-state index contributed by atoms with van der Waals surface area (Å²) < 4.78 is 0. The highest BCUT2D eigenvalue weighted by Gasteiger charge is 2.36. The SMILES string of the molecule is CN1CCN([C@H]2CCN(C(=O)c3ccccc3N(C)C)C[C@H]2CCC(=O)O)CC1. The standard InChI is InChI=1S/C22H34N4O3/c1-23(2)20-7-5-4-6-18(20)22(29)26-11-10-19(17(16-26)8-9-21(27)28)25-14-12-24(3)13-15-25/h4-7,17,19H,8-16H2,1-3H3,(H,27,28)/t17-,19+/m1/s1. The summed E-state index contributed by atoms with van der Waals surface area (Å²) in [6.45, 7) is 5.47. The molecule has 7 nitrogen and oxygen atoms in total. The third kappa shape index (κ3) is 5.28. The van der Waals surface area contributed by atoms with Crippen LogP contribution < -0.4 is 4.90 Å². The molecule has 0 bridgehead atoms. The summed E-state index contributed by atoms with van der Waals surface area (Å²) in [6.07, 6.45) is 1.68. The van der Waals surface area contributed by atoms with E-state index in [1.807, 2.05) is 48.2 Å². The molecule has 0 unspecified atom stereocenters. The number of carbonyl (C=O) groups is 2. The van der Waals surface area contributed by atoms with Crippen LogP contribution in [0.2, 0.25) is 0 Å². The van der Waals surface area contributed by atoms with Crippen LogP contribution in [-0.2, 0) is 4.79 Å². The summed E-state index contributed by atoms with van der Waals surface area (Å²) in [7, 11) is 6.03. The van der Waals surface area contributed by atoms with E-state index in [9.17, 15) is 14.7 Å². The van der Waals surface area contributed by atoms with E-state index in [4.69, 9.17) is 0 Å². The highest BCUT2D eigenvalue weighted by molar-refractivity contribution is 5.99. The predicted octanol–water partition coefficient (Wildman–Crippen LogP) is 1.70. The number of carboxylic acid groups (broad SMARTS) is 1. The molecule has 0 spiro atoms. The number of carboxylic acids is 1. The Morgan fingerprint density at radius 1 is 1.10 bits per heavy atom. The molecule has 7 heteroatoms. The molecule has 0 aromatic heterocycles. The third-order valence-electron chi connectivity index (χ3n) is 6.33. The number of carbonyl (C=O) groups excluding carboxylic acids is 1. The van der Waals surface area contributed by atoms with E-state index in [0.29, 0.717) is 24.6 Å². The number of amides is 1.